The molecule has 5 rings (SSSR count). The van der Waals surface area contributed by atoms with Gasteiger partial charge < -0.3 is 9.15 Å². The van der Waals surface area contributed by atoms with Crippen molar-refractivity contribution in [2.45, 2.75) is 13.0 Å². The van der Waals surface area contributed by atoms with Crippen molar-refractivity contribution in [2.24, 2.45) is 0 Å². The van der Waals surface area contributed by atoms with Crippen LogP contribution in [0.3, 0.4) is 0 Å². The van der Waals surface area contributed by atoms with Gasteiger partial charge >= 0.3 is 5.97 Å². The van der Waals surface area contributed by atoms with Crippen LogP contribution in [0.25, 0.3) is 11.0 Å². The first-order valence-corrected chi connectivity index (χ1v) is 10.5. The topological polar surface area (TPSA) is 89.7 Å². The van der Waals surface area contributed by atoms with Gasteiger partial charge in [0.05, 0.1) is 29.8 Å². The lowest BCUT2D eigenvalue weighted by Crippen LogP contribution is -2.29. The summed E-state index contributed by atoms with van der Waals surface area (Å²) >= 11 is 0.920. The Balaban J connectivity index is 1.78. The van der Waals surface area contributed by atoms with Gasteiger partial charge in [-0.25, -0.2) is 18.6 Å². The van der Waals surface area contributed by atoms with E-state index >= 15 is 0 Å². The number of halogens is 2. The first-order valence-electron chi connectivity index (χ1n) is 9.71. The summed E-state index contributed by atoms with van der Waals surface area (Å²) in [5.74, 6) is -2.63. The molecule has 0 radical (unpaired) electrons. The minimum atomic E-state index is -1.02. The fourth-order valence-corrected chi connectivity index (χ4v) is 4.88. The second-order valence-electron chi connectivity index (χ2n) is 7.35. The molecule has 0 aliphatic carbocycles. The number of hydrogen-bond acceptors (Lipinski definition) is 7. The van der Waals surface area contributed by atoms with Crippen LogP contribution in [0.5, 0.6) is 0 Å². The minimum Gasteiger partial charge on any atom is -0.465 e. The summed E-state index contributed by atoms with van der Waals surface area (Å²) in [6.45, 7) is 1.59. The number of carbonyl (C=O) groups is 2. The van der Waals surface area contributed by atoms with Gasteiger partial charge in [-0.3, -0.25) is 14.5 Å². The lowest BCUT2D eigenvalue weighted by atomic mass is 9.98. The molecule has 0 fully saturated rings. The number of amides is 1. The maximum Gasteiger partial charge on any atom is 0.350 e. The molecule has 1 aliphatic heterocycles. The summed E-state index contributed by atoms with van der Waals surface area (Å²) in [6, 6.07) is 7.69. The molecule has 3 heterocycles. The minimum absolute atomic E-state index is 0.0165. The molecule has 1 atom stereocenters. The van der Waals surface area contributed by atoms with Gasteiger partial charge in [0.2, 0.25) is 5.76 Å². The smallest absolute Gasteiger partial charge is 0.350 e. The van der Waals surface area contributed by atoms with Gasteiger partial charge in [-0.2, -0.15) is 0 Å². The SMILES string of the molecule is COC(=O)c1sc(N2C(=O)c3oc4ccc(F)cc4c(=O)c3C2c2ccc(F)cc2)nc1C. The van der Waals surface area contributed by atoms with Crippen molar-refractivity contribution >= 4 is 39.3 Å². The third-order valence-electron chi connectivity index (χ3n) is 5.38. The second kappa shape index (κ2) is 7.59. The number of thiazole rings is 1. The lowest BCUT2D eigenvalue weighted by molar-refractivity contribution is 0.0605. The normalized spacial score (nSPS) is 15.2. The number of methoxy groups -OCH3 is 1. The highest BCUT2D eigenvalue weighted by molar-refractivity contribution is 7.17. The van der Waals surface area contributed by atoms with E-state index in [1.165, 1.54) is 42.3 Å². The van der Waals surface area contributed by atoms with E-state index < -0.39 is 35.0 Å². The van der Waals surface area contributed by atoms with E-state index in [0.717, 1.165) is 23.5 Å². The monoisotopic (exact) mass is 468 g/mol. The molecule has 2 aromatic carbocycles. The zero-order valence-electron chi connectivity index (χ0n) is 17.2. The number of esters is 1. The molecule has 33 heavy (non-hydrogen) atoms. The Bertz CT molecular complexity index is 1510. The van der Waals surface area contributed by atoms with Crippen LogP contribution in [0.2, 0.25) is 0 Å². The molecule has 1 aliphatic rings. The van der Waals surface area contributed by atoms with Crippen LogP contribution in [-0.4, -0.2) is 24.0 Å². The van der Waals surface area contributed by atoms with Gasteiger partial charge in [-0.15, -0.1) is 0 Å². The summed E-state index contributed by atoms with van der Waals surface area (Å²) in [7, 11) is 1.23. The van der Waals surface area contributed by atoms with Crippen LogP contribution >= 0.6 is 11.3 Å². The Morgan fingerprint density at radius 2 is 1.82 bits per heavy atom. The van der Waals surface area contributed by atoms with Crippen LogP contribution in [0.15, 0.2) is 51.7 Å². The number of anilines is 1. The van der Waals surface area contributed by atoms with E-state index in [1.807, 2.05) is 0 Å². The standard InChI is InChI=1S/C23H14F2N2O5S/c1-10-20(22(30)31-2)33-23(26-10)27-17(11-3-5-12(24)6-4-11)16-18(28)14-9-13(25)7-8-15(14)32-19(16)21(27)29/h3-9,17H,1-2H3. The van der Waals surface area contributed by atoms with Crippen molar-refractivity contribution in [3.05, 3.63) is 91.8 Å². The largest absolute Gasteiger partial charge is 0.465 e. The van der Waals surface area contributed by atoms with Gasteiger partial charge in [-0.1, -0.05) is 23.5 Å². The highest BCUT2D eigenvalue weighted by Gasteiger charge is 2.45. The van der Waals surface area contributed by atoms with Crippen molar-refractivity contribution in [2.75, 3.05) is 12.0 Å². The number of benzene rings is 2. The van der Waals surface area contributed by atoms with E-state index in [2.05, 4.69) is 4.98 Å². The molecule has 166 valence electrons. The molecule has 0 bridgehead atoms. The average Bonchev–Trinajstić information content (AvgIpc) is 3.32. The van der Waals surface area contributed by atoms with E-state index in [9.17, 15) is 23.2 Å². The quantitative estimate of drug-likeness (QED) is 0.415. The Morgan fingerprint density at radius 3 is 2.52 bits per heavy atom. The van der Waals surface area contributed by atoms with Crippen molar-refractivity contribution in [3.63, 3.8) is 0 Å². The van der Waals surface area contributed by atoms with Gasteiger partial charge in [0.25, 0.3) is 5.91 Å². The molecular weight excluding hydrogens is 454 g/mol. The number of aromatic nitrogens is 1. The van der Waals surface area contributed by atoms with Gasteiger partial charge in [0, 0.05) is 0 Å². The Morgan fingerprint density at radius 1 is 1.12 bits per heavy atom. The van der Waals surface area contributed by atoms with Crippen LogP contribution in [0.1, 0.15) is 43.1 Å². The van der Waals surface area contributed by atoms with Crippen molar-refractivity contribution in [1.29, 1.82) is 0 Å². The predicted octanol–water partition coefficient (Wildman–Crippen LogP) is 4.37. The van der Waals surface area contributed by atoms with E-state index in [0.29, 0.717) is 11.3 Å². The number of carbonyl (C=O) groups excluding carboxylic acids is 2. The third kappa shape index (κ3) is 3.21. The van der Waals surface area contributed by atoms with Crippen LogP contribution in [0, 0.1) is 18.6 Å². The lowest BCUT2D eigenvalue weighted by Gasteiger charge is -2.22. The third-order valence-corrected chi connectivity index (χ3v) is 6.52. The number of aryl methyl sites for hydroxylation is 1. The summed E-state index contributed by atoms with van der Waals surface area (Å²) in [4.78, 5) is 44.7. The number of fused-ring (bicyclic) bond motifs is 2. The molecule has 10 heteroatoms. The molecule has 0 spiro atoms. The molecule has 1 amide bonds. The fraction of sp³-hybridized carbons (Fsp3) is 0.130. The number of rotatable bonds is 3. The molecule has 2 aromatic heterocycles. The van der Waals surface area contributed by atoms with Crippen molar-refractivity contribution < 1.29 is 27.5 Å². The van der Waals surface area contributed by atoms with E-state index in [4.69, 9.17) is 9.15 Å². The Hall–Kier alpha value is -3.92. The van der Waals surface area contributed by atoms with Crippen LogP contribution in [0.4, 0.5) is 13.9 Å². The van der Waals surface area contributed by atoms with Crippen LogP contribution in [-0.2, 0) is 4.74 Å². The summed E-state index contributed by atoms with van der Waals surface area (Å²) in [5.41, 5.74) is 0.211. The Kier molecular flexibility index (Phi) is 4.82. The van der Waals surface area contributed by atoms with Gasteiger partial charge in [0.15, 0.2) is 10.6 Å². The average molecular weight is 468 g/mol. The molecule has 0 saturated carbocycles. The van der Waals surface area contributed by atoms with E-state index in [1.54, 1.807) is 6.92 Å². The number of ether oxygens (including phenoxy) is 1. The molecule has 0 N–H and O–H groups in total. The highest BCUT2D eigenvalue weighted by atomic mass is 32.1. The summed E-state index contributed by atoms with van der Waals surface area (Å²) in [5, 5.41) is 0.106. The highest BCUT2D eigenvalue weighted by Crippen LogP contribution is 2.43. The first-order chi connectivity index (χ1) is 15.8. The maximum atomic E-state index is 13.9. The zero-order valence-corrected chi connectivity index (χ0v) is 18.0. The van der Waals surface area contributed by atoms with Gasteiger partial charge in [-0.05, 0) is 42.8 Å². The van der Waals surface area contributed by atoms with Crippen molar-refractivity contribution in [3.8, 4) is 0 Å². The van der Waals surface area contributed by atoms with Crippen LogP contribution < -0.4 is 10.3 Å². The number of nitrogens with zero attached hydrogens (tertiary/aromatic N) is 2. The van der Waals surface area contributed by atoms with Crippen molar-refractivity contribution in [1.82, 2.24) is 4.98 Å². The zero-order chi connectivity index (χ0) is 23.4. The second-order valence-corrected chi connectivity index (χ2v) is 8.32. The maximum absolute atomic E-state index is 13.9. The molecule has 0 saturated heterocycles. The molecule has 7 nitrogen and oxygen atoms in total. The summed E-state index contributed by atoms with van der Waals surface area (Å²) in [6.07, 6.45) is 0. The number of hydrogen-bond donors (Lipinski definition) is 0. The predicted molar refractivity (Wildman–Crippen MR) is 116 cm³/mol. The Labute approximate surface area is 188 Å². The van der Waals surface area contributed by atoms with Gasteiger partial charge in [0.1, 0.15) is 22.1 Å². The summed E-state index contributed by atoms with van der Waals surface area (Å²) < 4.78 is 38.0. The molecule has 4 aromatic rings. The molecule has 1 unspecified atom stereocenters. The fourth-order valence-electron chi connectivity index (χ4n) is 3.87. The first kappa shape index (κ1) is 21.0. The van der Waals surface area contributed by atoms with E-state index in [-0.39, 0.29) is 32.3 Å². The molecular formula is C23H14F2N2O5S.